The van der Waals surface area contributed by atoms with Crippen LogP contribution in [0.15, 0.2) is 42.5 Å². The number of hydrogen-bond acceptors (Lipinski definition) is 3. The largest absolute Gasteiger partial charge is 0.497 e. The van der Waals surface area contributed by atoms with Gasteiger partial charge in [0.15, 0.2) is 0 Å². The zero-order chi connectivity index (χ0) is 18.5. The molecule has 138 valence electrons. The summed E-state index contributed by atoms with van der Waals surface area (Å²) in [5, 5.41) is 0. The summed E-state index contributed by atoms with van der Waals surface area (Å²) in [5.74, 6) is 1.33. The van der Waals surface area contributed by atoms with Crippen LogP contribution in [-0.4, -0.2) is 31.6 Å². The van der Waals surface area contributed by atoms with Crippen LogP contribution in [0.4, 0.5) is 4.39 Å². The molecule has 1 atom stereocenters. The fourth-order valence-electron chi connectivity index (χ4n) is 3.58. The van der Waals surface area contributed by atoms with Crippen molar-refractivity contribution in [3.63, 3.8) is 0 Å². The first-order valence-corrected chi connectivity index (χ1v) is 8.88. The zero-order valence-electron chi connectivity index (χ0n) is 15.2. The van der Waals surface area contributed by atoms with Gasteiger partial charge in [0.05, 0.1) is 20.3 Å². The maximum atomic E-state index is 13.3. The van der Waals surface area contributed by atoms with Gasteiger partial charge in [-0.25, -0.2) is 4.39 Å². The second-order valence-electron chi connectivity index (χ2n) is 6.48. The molecule has 4 nitrogen and oxygen atoms in total. The average Bonchev–Trinajstić information content (AvgIpc) is 3.15. The Kier molecular flexibility index (Phi) is 5.76. The first kappa shape index (κ1) is 18.2. The van der Waals surface area contributed by atoms with Crippen LogP contribution in [0.3, 0.4) is 0 Å². The number of nitrogens with zero attached hydrogens (tertiary/aromatic N) is 1. The van der Waals surface area contributed by atoms with Gasteiger partial charge in [0, 0.05) is 18.5 Å². The first-order valence-electron chi connectivity index (χ1n) is 8.88. The van der Waals surface area contributed by atoms with E-state index in [0.29, 0.717) is 12.8 Å². The molecule has 0 aliphatic carbocycles. The minimum absolute atomic E-state index is 0.0138. The van der Waals surface area contributed by atoms with E-state index < -0.39 is 0 Å². The average molecular weight is 357 g/mol. The summed E-state index contributed by atoms with van der Waals surface area (Å²) >= 11 is 0. The zero-order valence-corrected chi connectivity index (χ0v) is 15.2. The van der Waals surface area contributed by atoms with Crippen LogP contribution in [0, 0.1) is 5.82 Å². The maximum absolute atomic E-state index is 13.3. The summed E-state index contributed by atoms with van der Waals surface area (Å²) in [5.41, 5.74) is 1.82. The number of ether oxygens (including phenoxy) is 2. The minimum Gasteiger partial charge on any atom is -0.497 e. The van der Waals surface area contributed by atoms with Crippen LogP contribution >= 0.6 is 0 Å². The highest BCUT2D eigenvalue weighted by Gasteiger charge is 2.31. The molecule has 0 spiro atoms. The highest BCUT2D eigenvalue weighted by atomic mass is 19.1. The predicted molar refractivity (Wildman–Crippen MR) is 98.0 cm³/mol. The van der Waals surface area contributed by atoms with E-state index in [1.165, 1.54) is 12.1 Å². The molecule has 1 saturated heterocycles. The van der Waals surface area contributed by atoms with E-state index in [1.807, 2.05) is 29.2 Å². The van der Waals surface area contributed by atoms with Crippen LogP contribution < -0.4 is 9.47 Å². The van der Waals surface area contributed by atoms with Crippen LogP contribution in [0.1, 0.15) is 36.4 Å². The Labute approximate surface area is 153 Å². The second kappa shape index (κ2) is 8.21. The third-order valence-corrected chi connectivity index (χ3v) is 4.89. The number of carbonyl (C=O) groups excluding carboxylic acids is 1. The Bertz CT molecular complexity index is 778. The lowest BCUT2D eigenvalue weighted by Crippen LogP contribution is -2.31. The Morgan fingerprint density at radius 2 is 2.04 bits per heavy atom. The van der Waals surface area contributed by atoms with Crippen LogP contribution in [0.5, 0.6) is 11.5 Å². The van der Waals surface area contributed by atoms with Gasteiger partial charge in [-0.3, -0.25) is 4.79 Å². The molecule has 1 heterocycles. The second-order valence-corrected chi connectivity index (χ2v) is 6.48. The fourth-order valence-corrected chi connectivity index (χ4v) is 3.58. The van der Waals surface area contributed by atoms with E-state index in [0.717, 1.165) is 42.0 Å². The molecule has 3 rings (SSSR count). The molecule has 1 aliphatic heterocycles. The Morgan fingerprint density at radius 1 is 1.19 bits per heavy atom. The number of likely N-dealkylation sites (tertiary alicyclic amines) is 1. The van der Waals surface area contributed by atoms with Crippen molar-refractivity contribution in [2.75, 3.05) is 20.8 Å². The number of aryl methyl sites for hydroxylation is 1. The molecular weight excluding hydrogens is 333 g/mol. The lowest BCUT2D eigenvalue weighted by Gasteiger charge is -2.27. The van der Waals surface area contributed by atoms with Crippen molar-refractivity contribution in [3.8, 4) is 11.5 Å². The SMILES string of the molecule is COc1ccc(OC)c(C2CCCN2C(=O)CCc2cccc(F)c2)c1. The number of hydrogen-bond donors (Lipinski definition) is 0. The molecule has 1 unspecified atom stereocenters. The molecule has 2 aromatic rings. The molecule has 26 heavy (non-hydrogen) atoms. The summed E-state index contributed by atoms with van der Waals surface area (Å²) in [6.45, 7) is 0.729. The standard InChI is InChI=1S/C21H24FNO3/c1-25-17-9-10-20(26-2)18(14-17)19-7-4-12-23(19)21(24)11-8-15-5-3-6-16(22)13-15/h3,5-6,9-10,13-14,19H,4,7-8,11-12H2,1-2H3. The molecule has 0 N–H and O–H groups in total. The third kappa shape index (κ3) is 3.98. The third-order valence-electron chi connectivity index (χ3n) is 4.89. The van der Waals surface area contributed by atoms with E-state index in [-0.39, 0.29) is 17.8 Å². The Hall–Kier alpha value is -2.56. The number of methoxy groups -OCH3 is 2. The highest BCUT2D eigenvalue weighted by Crippen LogP contribution is 2.39. The monoisotopic (exact) mass is 357 g/mol. The van der Waals surface area contributed by atoms with Gasteiger partial charge in [0.25, 0.3) is 0 Å². The van der Waals surface area contributed by atoms with Gasteiger partial charge in [-0.1, -0.05) is 12.1 Å². The van der Waals surface area contributed by atoms with Crippen LogP contribution in [0.25, 0.3) is 0 Å². The summed E-state index contributed by atoms with van der Waals surface area (Å²) in [7, 11) is 3.26. The summed E-state index contributed by atoms with van der Waals surface area (Å²) < 4.78 is 24.1. The van der Waals surface area contributed by atoms with Gasteiger partial charge >= 0.3 is 0 Å². The van der Waals surface area contributed by atoms with E-state index in [9.17, 15) is 9.18 Å². The van der Waals surface area contributed by atoms with Gasteiger partial charge < -0.3 is 14.4 Å². The van der Waals surface area contributed by atoms with Gasteiger partial charge in [0.2, 0.25) is 5.91 Å². The van der Waals surface area contributed by atoms with Gasteiger partial charge in [-0.15, -0.1) is 0 Å². The summed E-state index contributed by atoms with van der Waals surface area (Å²) in [6, 6.07) is 12.1. The van der Waals surface area contributed by atoms with Crippen molar-refractivity contribution in [3.05, 3.63) is 59.4 Å². The first-order chi connectivity index (χ1) is 12.6. The molecule has 1 aliphatic rings. The topological polar surface area (TPSA) is 38.8 Å². The van der Waals surface area contributed by atoms with E-state index in [4.69, 9.17) is 9.47 Å². The van der Waals surface area contributed by atoms with Crippen molar-refractivity contribution < 1.29 is 18.7 Å². The van der Waals surface area contributed by atoms with Gasteiger partial charge in [0.1, 0.15) is 17.3 Å². The molecule has 0 aromatic heterocycles. The van der Waals surface area contributed by atoms with Crippen LogP contribution in [-0.2, 0) is 11.2 Å². The molecule has 1 fully saturated rings. The number of amides is 1. The predicted octanol–water partition coefficient (Wildman–Crippen LogP) is 4.14. The molecule has 2 aromatic carbocycles. The van der Waals surface area contributed by atoms with Crippen molar-refractivity contribution in [2.45, 2.75) is 31.7 Å². The van der Waals surface area contributed by atoms with E-state index in [2.05, 4.69) is 0 Å². The normalized spacial score (nSPS) is 16.6. The summed E-state index contributed by atoms with van der Waals surface area (Å²) in [6.07, 6.45) is 2.76. The molecule has 5 heteroatoms. The molecule has 0 bridgehead atoms. The summed E-state index contributed by atoms with van der Waals surface area (Å²) in [4.78, 5) is 14.7. The molecular formula is C21H24FNO3. The lowest BCUT2D eigenvalue weighted by atomic mass is 10.0. The highest BCUT2D eigenvalue weighted by molar-refractivity contribution is 5.77. The molecule has 0 saturated carbocycles. The van der Waals surface area contributed by atoms with Gasteiger partial charge in [-0.2, -0.15) is 0 Å². The molecule has 1 amide bonds. The van der Waals surface area contributed by atoms with Gasteiger partial charge in [-0.05, 0) is 55.2 Å². The van der Waals surface area contributed by atoms with Crippen molar-refractivity contribution in [1.29, 1.82) is 0 Å². The van der Waals surface area contributed by atoms with E-state index >= 15 is 0 Å². The number of benzene rings is 2. The molecule has 0 radical (unpaired) electrons. The number of carbonyl (C=O) groups is 1. The number of halogens is 1. The van der Waals surface area contributed by atoms with Crippen molar-refractivity contribution >= 4 is 5.91 Å². The smallest absolute Gasteiger partial charge is 0.223 e. The quantitative estimate of drug-likeness (QED) is 0.780. The minimum atomic E-state index is -0.268. The Morgan fingerprint density at radius 3 is 2.77 bits per heavy atom. The number of rotatable bonds is 6. The fraction of sp³-hybridized carbons (Fsp3) is 0.381. The lowest BCUT2D eigenvalue weighted by molar-refractivity contribution is -0.132. The Balaban J connectivity index is 1.74. The van der Waals surface area contributed by atoms with Crippen molar-refractivity contribution in [2.24, 2.45) is 0 Å². The van der Waals surface area contributed by atoms with Crippen molar-refractivity contribution in [1.82, 2.24) is 4.90 Å². The van der Waals surface area contributed by atoms with E-state index in [1.54, 1.807) is 20.3 Å². The maximum Gasteiger partial charge on any atom is 0.223 e. The van der Waals surface area contributed by atoms with Crippen LogP contribution in [0.2, 0.25) is 0 Å².